The zero-order valence-corrected chi connectivity index (χ0v) is 20.0. The van der Waals surface area contributed by atoms with Crippen molar-refractivity contribution >= 4 is 17.7 Å². The molecular weight excluding hydrogens is 414 g/mol. The fourth-order valence-corrected chi connectivity index (χ4v) is 5.15. The van der Waals surface area contributed by atoms with Crippen LogP contribution in [0.2, 0.25) is 0 Å². The minimum atomic E-state index is -0.426. The molecule has 0 aliphatic carbocycles. The number of amides is 2. The molecule has 2 atom stereocenters. The number of benzene rings is 2. The normalized spacial score (nSPS) is 20.8. The van der Waals surface area contributed by atoms with E-state index < -0.39 is 6.09 Å². The zero-order chi connectivity index (χ0) is 23.4. The van der Waals surface area contributed by atoms with Crippen molar-refractivity contribution in [2.75, 3.05) is 24.6 Å². The Kier molecular flexibility index (Phi) is 7.33. The standard InChI is InChI=1S/C27H35N3O3/c1-4-33-27(32)28-25-16-19(2)30(20(3)31)26-13-12-23(17-24(25)26)22-10-8-21(9-11-22)18-29-14-6-5-7-15-29/h8-13,17,19,25H,4-7,14-16,18H2,1-3H3,(H,28,32)/t19-,25+/m0/s1. The number of hydrogen-bond donors (Lipinski definition) is 1. The second-order valence-electron chi connectivity index (χ2n) is 9.20. The summed E-state index contributed by atoms with van der Waals surface area (Å²) in [7, 11) is 0. The Hall–Kier alpha value is -2.86. The van der Waals surface area contributed by atoms with Gasteiger partial charge in [-0.15, -0.1) is 0 Å². The molecule has 0 radical (unpaired) electrons. The number of alkyl carbamates (subject to hydrolysis) is 1. The quantitative estimate of drug-likeness (QED) is 0.675. The van der Waals surface area contributed by atoms with Gasteiger partial charge in [0.1, 0.15) is 0 Å². The highest BCUT2D eigenvalue weighted by molar-refractivity contribution is 5.94. The SMILES string of the molecule is CCOC(=O)N[C@@H]1C[C@H](C)N(C(C)=O)c2ccc(-c3ccc(CN4CCCCC4)cc3)cc21. The summed E-state index contributed by atoms with van der Waals surface area (Å²) in [6, 6.07) is 14.7. The Morgan fingerprint density at radius 1 is 1.03 bits per heavy atom. The van der Waals surface area contributed by atoms with Crippen LogP contribution in [0.25, 0.3) is 11.1 Å². The van der Waals surface area contributed by atoms with E-state index in [0.717, 1.165) is 28.9 Å². The first-order chi connectivity index (χ1) is 16.0. The molecule has 2 heterocycles. The number of carbonyl (C=O) groups is 2. The van der Waals surface area contributed by atoms with Gasteiger partial charge in [0, 0.05) is 25.2 Å². The number of carbonyl (C=O) groups excluding carboxylic acids is 2. The number of likely N-dealkylation sites (tertiary alicyclic amines) is 1. The number of fused-ring (bicyclic) bond motifs is 1. The minimum Gasteiger partial charge on any atom is -0.450 e. The average Bonchev–Trinajstić information content (AvgIpc) is 2.80. The van der Waals surface area contributed by atoms with Gasteiger partial charge >= 0.3 is 6.09 Å². The van der Waals surface area contributed by atoms with E-state index in [0.29, 0.717) is 13.0 Å². The molecule has 1 fully saturated rings. The van der Waals surface area contributed by atoms with Crippen molar-refractivity contribution in [2.45, 2.75) is 65.1 Å². The van der Waals surface area contributed by atoms with Crippen molar-refractivity contribution in [3.05, 3.63) is 53.6 Å². The summed E-state index contributed by atoms with van der Waals surface area (Å²) in [6.07, 6.45) is 4.15. The molecule has 1 saturated heterocycles. The van der Waals surface area contributed by atoms with Crippen molar-refractivity contribution < 1.29 is 14.3 Å². The number of piperidine rings is 1. The highest BCUT2D eigenvalue weighted by atomic mass is 16.5. The second-order valence-corrected chi connectivity index (χ2v) is 9.20. The van der Waals surface area contributed by atoms with Crippen LogP contribution in [0.4, 0.5) is 10.5 Å². The van der Waals surface area contributed by atoms with Gasteiger partial charge in [-0.2, -0.15) is 0 Å². The predicted octanol–water partition coefficient (Wildman–Crippen LogP) is 5.27. The molecule has 2 aliphatic heterocycles. The smallest absolute Gasteiger partial charge is 0.407 e. The Labute approximate surface area is 196 Å². The van der Waals surface area contributed by atoms with Gasteiger partial charge in [-0.05, 0) is 80.6 Å². The van der Waals surface area contributed by atoms with E-state index in [1.807, 2.05) is 17.9 Å². The summed E-state index contributed by atoms with van der Waals surface area (Å²) >= 11 is 0. The summed E-state index contributed by atoms with van der Waals surface area (Å²) in [5, 5.41) is 2.99. The van der Waals surface area contributed by atoms with Gasteiger partial charge in [-0.3, -0.25) is 9.69 Å². The van der Waals surface area contributed by atoms with Crippen LogP contribution in [0.1, 0.15) is 63.6 Å². The molecule has 1 N–H and O–H groups in total. The van der Waals surface area contributed by atoms with Gasteiger partial charge in [0.05, 0.1) is 12.6 Å². The number of rotatable bonds is 5. The van der Waals surface area contributed by atoms with Gasteiger partial charge in [-0.1, -0.05) is 36.8 Å². The van der Waals surface area contributed by atoms with Crippen LogP contribution in [-0.2, 0) is 16.1 Å². The Balaban J connectivity index is 1.60. The van der Waals surface area contributed by atoms with Crippen LogP contribution in [-0.4, -0.2) is 42.6 Å². The third-order valence-corrected chi connectivity index (χ3v) is 6.73. The molecule has 0 unspecified atom stereocenters. The van der Waals surface area contributed by atoms with Crippen molar-refractivity contribution in [1.82, 2.24) is 10.2 Å². The highest BCUT2D eigenvalue weighted by Gasteiger charge is 2.33. The molecule has 0 spiro atoms. The van der Waals surface area contributed by atoms with E-state index in [1.165, 1.54) is 37.9 Å². The Bertz CT molecular complexity index is 983. The molecule has 4 rings (SSSR count). The monoisotopic (exact) mass is 449 g/mol. The van der Waals surface area contributed by atoms with E-state index in [1.54, 1.807) is 13.8 Å². The molecule has 176 valence electrons. The lowest BCUT2D eigenvalue weighted by Crippen LogP contribution is -2.45. The molecule has 33 heavy (non-hydrogen) atoms. The molecular formula is C27H35N3O3. The van der Waals surface area contributed by atoms with Gasteiger partial charge < -0.3 is 15.0 Å². The average molecular weight is 450 g/mol. The summed E-state index contributed by atoms with van der Waals surface area (Å²) in [6.45, 7) is 9.10. The van der Waals surface area contributed by atoms with Crippen LogP contribution in [0.15, 0.2) is 42.5 Å². The third kappa shape index (κ3) is 5.38. The van der Waals surface area contributed by atoms with Crippen molar-refractivity contribution in [2.24, 2.45) is 0 Å². The molecule has 6 heteroatoms. The van der Waals surface area contributed by atoms with Crippen LogP contribution in [0.5, 0.6) is 0 Å². The largest absolute Gasteiger partial charge is 0.450 e. The molecule has 2 aromatic carbocycles. The lowest BCUT2D eigenvalue weighted by molar-refractivity contribution is -0.117. The summed E-state index contributed by atoms with van der Waals surface area (Å²) in [5.74, 6) is 0.00755. The fourth-order valence-electron chi connectivity index (χ4n) is 5.15. The molecule has 0 aromatic heterocycles. The predicted molar refractivity (Wildman–Crippen MR) is 131 cm³/mol. The Morgan fingerprint density at radius 3 is 2.39 bits per heavy atom. The van der Waals surface area contributed by atoms with Gasteiger partial charge in [0.15, 0.2) is 0 Å². The number of nitrogens with one attached hydrogen (secondary N) is 1. The molecule has 2 aromatic rings. The van der Waals surface area contributed by atoms with Crippen LogP contribution in [0.3, 0.4) is 0 Å². The first-order valence-electron chi connectivity index (χ1n) is 12.1. The third-order valence-electron chi connectivity index (χ3n) is 6.73. The van der Waals surface area contributed by atoms with E-state index in [4.69, 9.17) is 4.74 Å². The van der Waals surface area contributed by atoms with Gasteiger partial charge in [0.25, 0.3) is 0 Å². The van der Waals surface area contributed by atoms with Crippen LogP contribution < -0.4 is 10.2 Å². The van der Waals surface area contributed by atoms with E-state index >= 15 is 0 Å². The van der Waals surface area contributed by atoms with Crippen molar-refractivity contribution in [3.8, 4) is 11.1 Å². The Morgan fingerprint density at radius 2 is 1.73 bits per heavy atom. The summed E-state index contributed by atoms with van der Waals surface area (Å²) < 4.78 is 5.12. The van der Waals surface area contributed by atoms with Gasteiger partial charge in [0.2, 0.25) is 5.91 Å². The number of hydrogen-bond acceptors (Lipinski definition) is 4. The van der Waals surface area contributed by atoms with Gasteiger partial charge in [-0.25, -0.2) is 4.79 Å². The molecule has 6 nitrogen and oxygen atoms in total. The zero-order valence-electron chi connectivity index (χ0n) is 20.0. The fraction of sp³-hybridized carbons (Fsp3) is 0.481. The van der Waals surface area contributed by atoms with Crippen LogP contribution >= 0.6 is 0 Å². The molecule has 2 aliphatic rings. The molecule has 0 bridgehead atoms. The second kappa shape index (κ2) is 10.4. The lowest BCUT2D eigenvalue weighted by atomic mass is 9.89. The van der Waals surface area contributed by atoms with Crippen LogP contribution in [0, 0.1) is 0 Å². The summed E-state index contributed by atoms with van der Waals surface area (Å²) in [4.78, 5) is 28.9. The van der Waals surface area contributed by atoms with Crippen molar-refractivity contribution in [3.63, 3.8) is 0 Å². The molecule has 2 amide bonds. The van der Waals surface area contributed by atoms with E-state index in [9.17, 15) is 9.59 Å². The number of nitrogens with zero attached hydrogens (tertiary/aromatic N) is 2. The first-order valence-corrected chi connectivity index (χ1v) is 12.1. The maximum absolute atomic E-state index is 12.4. The lowest BCUT2D eigenvalue weighted by Gasteiger charge is -2.39. The number of ether oxygens (including phenoxy) is 1. The minimum absolute atomic E-state index is 0.00755. The maximum Gasteiger partial charge on any atom is 0.407 e. The van der Waals surface area contributed by atoms with E-state index in [-0.39, 0.29) is 18.0 Å². The number of anilines is 1. The first kappa shape index (κ1) is 23.3. The topological polar surface area (TPSA) is 61.9 Å². The van der Waals surface area contributed by atoms with E-state index in [2.05, 4.69) is 46.6 Å². The molecule has 0 saturated carbocycles. The maximum atomic E-state index is 12.4. The summed E-state index contributed by atoms with van der Waals surface area (Å²) in [5.41, 5.74) is 5.34. The highest BCUT2D eigenvalue weighted by Crippen LogP contribution is 2.39. The van der Waals surface area contributed by atoms with Crippen molar-refractivity contribution in [1.29, 1.82) is 0 Å².